The highest BCUT2D eigenvalue weighted by atomic mass is 16.5. The van der Waals surface area contributed by atoms with Crippen molar-refractivity contribution >= 4 is 11.8 Å². The molecular weight excluding hydrogens is 314 g/mol. The fourth-order valence-electron chi connectivity index (χ4n) is 1.87. The van der Waals surface area contributed by atoms with E-state index in [0.717, 1.165) is 6.42 Å². The molecule has 0 saturated carbocycles. The van der Waals surface area contributed by atoms with Gasteiger partial charge in [-0.05, 0) is 6.42 Å². The van der Waals surface area contributed by atoms with Crippen LogP contribution in [0.3, 0.4) is 0 Å². The van der Waals surface area contributed by atoms with Crippen LogP contribution in [0.2, 0.25) is 0 Å². The number of aromatic carboxylic acids is 1. The molecule has 0 amide bonds. The minimum atomic E-state index is -1.10. The van der Waals surface area contributed by atoms with E-state index in [1.54, 1.807) is 32.4 Å². The zero-order chi connectivity index (χ0) is 17.4. The largest absolute Gasteiger partial charge is 0.496 e. The summed E-state index contributed by atoms with van der Waals surface area (Å²) in [7, 11) is 3.16. The Hall–Kier alpha value is -3.03. The predicted octanol–water partition coefficient (Wildman–Crippen LogP) is 2.07. The number of carboxylic acids is 1. The minimum absolute atomic E-state index is 0.0872. The third kappa shape index (κ3) is 5.01. The molecule has 0 atom stereocenters. The van der Waals surface area contributed by atoms with Gasteiger partial charge in [-0.1, -0.05) is 0 Å². The maximum atomic E-state index is 10.7. The molecule has 2 aromatic rings. The Balaban J connectivity index is 1.76. The van der Waals surface area contributed by atoms with Crippen LogP contribution in [0, 0.1) is 0 Å². The number of methoxy groups -OCH3 is 2. The van der Waals surface area contributed by atoms with Crippen LogP contribution >= 0.6 is 0 Å². The van der Waals surface area contributed by atoms with E-state index in [1.165, 1.54) is 12.4 Å². The van der Waals surface area contributed by atoms with E-state index < -0.39 is 5.97 Å². The van der Waals surface area contributed by atoms with E-state index in [-0.39, 0.29) is 5.69 Å². The maximum absolute atomic E-state index is 10.7. The first-order valence-corrected chi connectivity index (χ1v) is 7.27. The van der Waals surface area contributed by atoms with Gasteiger partial charge in [0.05, 0.1) is 33.2 Å². The molecule has 2 N–H and O–H groups in total. The number of carbonyl (C=O) groups is 1. The smallest absolute Gasteiger partial charge is 0.356 e. The van der Waals surface area contributed by atoms with Crippen molar-refractivity contribution < 1.29 is 24.1 Å². The van der Waals surface area contributed by atoms with Crippen molar-refractivity contribution in [2.45, 2.75) is 6.42 Å². The van der Waals surface area contributed by atoms with Crippen molar-refractivity contribution in [2.75, 3.05) is 32.7 Å². The SMILES string of the molecule is COc1cc(OC)cc(OCCCNc2cnc(C(=O)O)cn2)c1. The summed E-state index contributed by atoms with van der Waals surface area (Å²) in [4.78, 5) is 18.4. The van der Waals surface area contributed by atoms with Gasteiger partial charge in [0, 0.05) is 24.7 Å². The molecule has 24 heavy (non-hydrogen) atoms. The average Bonchev–Trinajstić information content (AvgIpc) is 2.61. The highest BCUT2D eigenvalue weighted by Crippen LogP contribution is 2.27. The summed E-state index contributed by atoms with van der Waals surface area (Å²) in [6, 6.07) is 5.34. The zero-order valence-electron chi connectivity index (χ0n) is 13.5. The fourth-order valence-corrected chi connectivity index (χ4v) is 1.87. The molecule has 2 rings (SSSR count). The van der Waals surface area contributed by atoms with Gasteiger partial charge >= 0.3 is 5.97 Å². The Morgan fingerprint density at radius 3 is 2.29 bits per heavy atom. The summed E-state index contributed by atoms with van der Waals surface area (Å²) in [6.45, 7) is 1.10. The number of hydrogen-bond donors (Lipinski definition) is 2. The van der Waals surface area contributed by atoms with Gasteiger partial charge in [-0.15, -0.1) is 0 Å². The molecule has 1 aromatic heterocycles. The Labute approximate surface area is 139 Å². The van der Waals surface area contributed by atoms with Crippen molar-refractivity contribution in [3.63, 3.8) is 0 Å². The lowest BCUT2D eigenvalue weighted by atomic mass is 10.3. The van der Waals surface area contributed by atoms with E-state index in [0.29, 0.717) is 36.2 Å². The number of nitrogens with zero attached hydrogens (tertiary/aromatic N) is 2. The number of rotatable bonds is 9. The summed E-state index contributed by atoms with van der Waals surface area (Å²) in [5, 5.41) is 11.8. The normalized spacial score (nSPS) is 10.1. The Kier molecular flexibility index (Phi) is 6.18. The van der Waals surface area contributed by atoms with E-state index >= 15 is 0 Å². The molecule has 1 aromatic carbocycles. The van der Waals surface area contributed by atoms with Crippen LogP contribution in [0.15, 0.2) is 30.6 Å². The standard InChI is InChI=1S/C16H19N3O5/c1-22-11-6-12(23-2)8-13(7-11)24-5-3-4-17-15-10-18-14(9-19-15)16(20)21/h6-10H,3-5H2,1-2H3,(H,17,19)(H,20,21). The van der Waals surface area contributed by atoms with Gasteiger partial charge in [-0.25, -0.2) is 14.8 Å². The van der Waals surface area contributed by atoms with E-state index in [9.17, 15) is 4.79 Å². The maximum Gasteiger partial charge on any atom is 0.356 e. The lowest BCUT2D eigenvalue weighted by Gasteiger charge is -2.10. The number of ether oxygens (including phenoxy) is 3. The molecule has 0 unspecified atom stereocenters. The van der Waals surface area contributed by atoms with Crippen LogP contribution < -0.4 is 19.5 Å². The molecule has 8 heteroatoms. The van der Waals surface area contributed by atoms with Crippen molar-refractivity contribution in [3.05, 3.63) is 36.3 Å². The number of carboxylic acid groups (broad SMARTS) is 1. The second-order valence-corrected chi connectivity index (χ2v) is 4.77. The second-order valence-electron chi connectivity index (χ2n) is 4.77. The van der Waals surface area contributed by atoms with Crippen molar-refractivity contribution in [2.24, 2.45) is 0 Å². The van der Waals surface area contributed by atoms with Crippen molar-refractivity contribution in [1.82, 2.24) is 9.97 Å². The van der Waals surface area contributed by atoms with Crippen LogP contribution in [-0.4, -0.2) is 48.4 Å². The second kappa shape index (κ2) is 8.56. The van der Waals surface area contributed by atoms with Crippen LogP contribution in [0.5, 0.6) is 17.2 Å². The van der Waals surface area contributed by atoms with E-state index in [4.69, 9.17) is 19.3 Å². The van der Waals surface area contributed by atoms with Crippen LogP contribution in [-0.2, 0) is 0 Å². The topological polar surface area (TPSA) is 103 Å². The summed E-state index contributed by atoms with van der Waals surface area (Å²) >= 11 is 0. The van der Waals surface area contributed by atoms with Crippen molar-refractivity contribution in [3.8, 4) is 17.2 Å². The van der Waals surface area contributed by atoms with Gasteiger partial charge in [-0.3, -0.25) is 0 Å². The first-order chi connectivity index (χ1) is 11.6. The molecule has 1 heterocycles. The Bertz CT molecular complexity index is 654. The average molecular weight is 333 g/mol. The molecule has 0 aliphatic rings. The molecular formula is C16H19N3O5. The summed E-state index contributed by atoms with van der Waals surface area (Å²) in [5.74, 6) is 1.41. The molecule has 0 aliphatic carbocycles. The lowest BCUT2D eigenvalue weighted by Crippen LogP contribution is -2.09. The number of nitrogens with one attached hydrogen (secondary N) is 1. The lowest BCUT2D eigenvalue weighted by molar-refractivity contribution is 0.0690. The number of aromatic nitrogens is 2. The van der Waals surface area contributed by atoms with Crippen molar-refractivity contribution in [1.29, 1.82) is 0 Å². The van der Waals surface area contributed by atoms with Gasteiger partial charge in [-0.2, -0.15) is 0 Å². The van der Waals surface area contributed by atoms with Gasteiger partial charge in [0.1, 0.15) is 23.1 Å². The third-order valence-electron chi connectivity index (χ3n) is 3.09. The molecule has 0 aliphatic heterocycles. The molecule has 128 valence electrons. The van der Waals surface area contributed by atoms with Crippen LogP contribution in [0.4, 0.5) is 5.82 Å². The van der Waals surface area contributed by atoms with E-state index in [2.05, 4.69) is 15.3 Å². The van der Waals surface area contributed by atoms with Crippen LogP contribution in [0.25, 0.3) is 0 Å². The highest BCUT2D eigenvalue weighted by Gasteiger charge is 2.05. The molecule has 8 nitrogen and oxygen atoms in total. The zero-order valence-corrected chi connectivity index (χ0v) is 13.5. The minimum Gasteiger partial charge on any atom is -0.496 e. The van der Waals surface area contributed by atoms with Gasteiger partial charge < -0.3 is 24.6 Å². The molecule has 0 bridgehead atoms. The Morgan fingerprint density at radius 1 is 1.08 bits per heavy atom. The number of hydrogen-bond acceptors (Lipinski definition) is 7. The Morgan fingerprint density at radius 2 is 1.75 bits per heavy atom. The third-order valence-corrected chi connectivity index (χ3v) is 3.09. The van der Waals surface area contributed by atoms with Gasteiger partial charge in [0.2, 0.25) is 0 Å². The quantitative estimate of drug-likeness (QED) is 0.672. The summed E-state index contributed by atoms with van der Waals surface area (Å²) in [6.07, 6.45) is 3.32. The number of benzene rings is 1. The van der Waals surface area contributed by atoms with E-state index in [1.807, 2.05) is 0 Å². The number of anilines is 1. The monoisotopic (exact) mass is 333 g/mol. The van der Waals surface area contributed by atoms with Gasteiger partial charge in [0.15, 0.2) is 5.69 Å². The van der Waals surface area contributed by atoms with Crippen LogP contribution in [0.1, 0.15) is 16.9 Å². The molecule has 0 spiro atoms. The highest BCUT2D eigenvalue weighted by molar-refractivity contribution is 5.84. The first-order valence-electron chi connectivity index (χ1n) is 7.27. The summed E-state index contributed by atoms with van der Waals surface area (Å²) in [5.41, 5.74) is -0.0872. The molecule has 0 saturated heterocycles. The van der Waals surface area contributed by atoms with Gasteiger partial charge in [0.25, 0.3) is 0 Å². The first kappa shape index (κ1) is 17.3. The molecule has 0 fully saturated rings. The predicted molar refractivity (Wildman–Crippen MR) is 87.1 cm³/mol. The molecule has 0 radical (unpaired) electrons. The summed E-state index contributed by atoms with van der Waals surface area (Å²) < 4.78 is 16.0. The fraction of sp³-hybridized carbons (Fsp3) is 0.312.